The van der Waals surface area contributed by atoms with Gasteiger partial charge in [0, 0.05) is 0 Å². The van der Waals surface area contributed by atoms with Crippen LogP contribution in [0.1, 0.15) is 32.6 Å². The van der Waals surface area contributed by atoms with E-state index in [2.05, 4.69) is 0 Å². The Balaban J connectivity index is 0. The van der Waals surface area contributed by atoms with Crippen LogP contribution in [0, 0.1) is 0 Å². The predicted molar refractivity (Wildman–Crippen MR) is 44.7 cm³/mol. The Kier molecular flexibility index (Phi) is 10.3. The van der Waals surface area contributed by atoms with E-state index >= 15 is 0 Å². The maximum atomic E-state index is 10.2. The summed E-state index contributed by atoms with van der Waals surface area (Å²) in [6.07, 6.45) is 2.15. The second-order valence-electron chi connectivity index (χ2n) is 2.87. The molecule has 0 spiro atoms. The summed E-state index contributed by atoms with van der Waals surface area (Å²) in [6.45, 7) is 2.01. The van der Waals surface area contributed by atoms with Crippen molar-refractivity contribution in [2.24, 2.45) is 0 Å². The van der Waals surface area contributed by atoms with E-state index < -0.39 is 22.0 Å². The van der Waals surface area contributed by atoms with E-state index in [1.165, 1.54) is 0 Å². The molecule has 1 atom stereocenters. The fraction of sp³-hybridized carbons (Fsp3) is 1.00. The first-order valence-corrected chi connectivity index (χ1v) is 5.65. The van der Waals surface area contributed by atoms with Gasteiger partial charge >= 0.3 is 29.6 Å². The SMILES string of the molecule is CCCCCC(O)CS(=O)(=O)[O-].[Na+]. The molecule has 0 aliphatic rings. The van der Waals surface area contributed by atoms with Crippen molar-refractivity contribution in [3.8, 4) is 0 Å². The molecular formula is C7H15NaO4S. The molecule has 0 saturated carbocycles. The van der Waals surface area contributed by atoms with Crippen molar-refractivity contribution in [3.05, 3.63) is 0 Å². The summed E-state index contributed by atoms with van der Waals surface area (Å²) in [7, 11) is -4.26. The van der Waals surface area contributed by atoms with Crippen LogP contribution < -0.4 is 29.6 Å². The molecule has 0 amide bonds. The minimum Gasteiger partial charge on any atom is -0.748 e. The van der Waals surface area contributed by atoms with E-state index in [-0.39, 0.29) is 29.6 Å². The molecule has 6 heteroatoms. The molecule has 0 rings (SSSR count). The van der Waals surface area contributed by atoms with E-state index in [0.29, 0.717) is 6.42 Å². The molecule has 0 heterocycles. The molecule has 0 radical (unpaired) electrons. The van der Waals surface area contributed by atoms with Gasteiger partial charge in [-0.3, -0.25) is 0 Å². The summed E-state index contributed by atoms with van der Waals surface area (Å²) in [5.74, 6) is -0.656. The average molecular weight is 218 g/mol. The van der Waals surface area contributed by atoms with Gasteiger partial charge in [-0.1, -0.05) is 26.2 Å². The molecule has 0 saturated heterocycles. The molecule has 0 aromatic heterocycles. The van der Waals surface area contributed by atoms with Gasteiger partial charge in [0.15, 0.2) is 0 Å². The third-order valence-corrected chi connectivity index (χ3v) is 2.33. The molecule has 0 aliphatic carbocycles. The van der Waals surface area contributed by atoms with Gasteiger partial charge in [0.2, 0.25) is 0 Å². The topological polar surface area (TPSA) is 77.4 Å². The van der Waals surface area contributed by atoms with Crippen molar-refractivity contribution in [1.82, 2.24) is 0 Å². The number of unbranched alkanes of at least 4 members (excludes halogenated alkanes) is 2. The van der Waals surface area contributed by atoms with Crippen molar-refractivity contribution < 1.29 is 47.6 Å². The minimum atomic E-state index is -4.26. The van der Waals surface area contributed by atoms with Crippen LogP contribution >= 0.6 is 0 Å². The molecule has 0 fully saturated rings. The Morgan fingerprint density at radius 2 is 1.92 bits per heavy atom. The van der Waals surface area contributed by atoms with Crippen LogP contribution in [-0.2, 0) is 10.1 Å². The number of hydrogen-bond acceptors (Lipinski definition) is 4. The van der Waals surface area contributed by atoms with E-state index in [9.17, 15) is 13.0 Å². The van der Waals surface area contributed by atoms with E-state index in [0.717, 1.165) is 19.3 Å². The van der Waals surface area contributed by atoms with Gasteiger partial charge in [-0.25, -0.2) is 8.42 Å². The Hall–Kier alpha value is 0.870. The predicted octanol–water partition coefficient (Wildman–Crippen LogP) is -2.52. The molecule has 1 N–H and O–H groups in total. The summed E-state index contributed by atoms with van der Waals surface area (Å²) >= 11 is 0. The first-order valence-electron chi connectivity index (χ1n) is 4.07. The summed E-state index contributed by atoms with van der Waals surface area (Å²) < 4.78 is 30.5. The van der Waals surface area contributed by atoms with Crippen LogP contribution in [-0.4, -0.2) is 29.9 Å². The molecule has 0 aromatic carbocycles. The van der Waals surface area contributed by atoms with E-state index in [4.69, 9.17) is 5.11 Å². The first kappa shape index (κ1) is 16.3. The first-order chi connectivity index (χ1) is 5.45. The largest absolute Gasteiger partial charge is 1.00 e. The van der Waals surface area contributed by atoms with Crippen LogP contribution in [0.3, 0.4) is 0 Å². The molecule has 4 nitrogen and oxygen atoms in total. The zero-order valence-electron chi connectivity index (χ0n) is 8.19. The fourth-order valence-corrected chi connectivity index (χ4v) is 1.59. The zero-order valence-corrected chi connectivity index (χ0v) is 11.0. The average Bonchev–Trinajstić information content (AvgIpc) is 1.84. The van der Waals surface area contributed by atoms with Gasteiger partial charge in [-0.15, -0.1) is 0 Å². The molecule has 0 bridgehead atoms. The van der Waals surface area contributed by atoms with Crippen LogP contribution in [0.15, 0.2) is 0 Å². The van der Waals surface area contributed by atoms with Gasteiger partial charge < -0.3 is 9.66 Å². The van der Waals surface area contributed by atoms with Crippen molar-refractivity contribution in [2.75, 3.05) is 5.75 Å². The third-order valence-electron chi connectivity index (χ3n) is 1.54. The van der Waals surface area contributed by atoms with Crippen molar-refractivity contribution in [3.63, 3.8) is 0 Å². The van der Waals surface area contributed by atoms with E-state index in [1.54, 1.807) is 0 Å². The maximum absolute atomic E-state index is 10.2. The standard InChI is InChI=1S/C7H16O4S.Na/c1-2-3-4-5-7(8)6-12(9,10)11;/h7-8H,2-6H2,1H3,(H,9,10,11);/q;+1/p-1. The molecule has 0 aliphatic heterocycles. The summed E-state index contributed by atoms with van der Waals surface area (Å²) in [5.41, 5.74) is 0. The van der Waals surface area contributed by atoms with Crippen LogP contribution in [0.25, 0.3) is 0 Å². The molecule has 1 unspecified atom stereocenters. The minimum absolute atomic E-state index is 0. The van der Waals surface area contributed by atoms with Gasteiger partial charge in [0.05, 0.1) is 22.0 Å². The number of aliphatic hydroxyl groups excluding tert-OH is 1. The molecule has 13 heavy (non-hydrogen) atoms. The van der Waals surface area contributed by atoms with E-state index in [1.807, 2.05) is 6.92 Å². The van der Waals surface area contributed by atoms with Gasteiger partial charge in [0.1, 0.15) is 0 Å². The molecule has 0 aromatic rings. The van der Waals surface area contributed by atoms with Gasteiger partial charge in [0.25, 0.3) is 0 Å². The summed E-state index contributed by atoms with van der Waals surface area (Å²) in [5, 5.41) is 9.03. The fourth-order valence-electron chi connectivity index (χ4n) is 0.949. The van der Waals surface area contributed by atoms with Crippen molar-refractivity contribution in [1.29, 1.82) is 0 Å². The molecular weight excluding hydrogens is 203 g/mol. The van der Waals surface area contributed by atoms with Crippen LogP contribution in [0.5, 0.6) is 0 Å². The van der Waals surface area contributed by atoms with Crippen molar-refractivity contribution >= 4 is 10.1 Å². The van der Waals surface area contributed by atoms with Gasteiger partial charge in [-0.2, -0.15) is 0 Å². The number of aliphatic hydroxyl groups is 1. The Morgan fingerprint density at radius 1 is 1.38 bits per heavy atom. The monoisotopic (exact) mass is 218 g/mol. The maximum Gasteiger partial charge on any atom is 1.00 e. The normalized spacial score (nSPS) is 13.5. The number of rotatable bonds is 6. The molecule has 74 valence electrons. The smallest absolute Gasteiger partial charge is 0.748 e. The number of hydrogen-bond donors (Lipinski definition) is 1. The zero-order chi connectivity index (χ0) is 9.61. The Labute approximate surface area is 102 Å². The van der Waals surface area contributed by atoms with Gasteiger partial charge in [-0.05, 0) is 6.42 Å². The van der Waals surface area contributed by atoms with Crippen LogP contribution in [0.2, 0.25) is 0 Å². The second-order valence-corrected chi connectivity index (χ2v) is 4.32. The van der Waals surface area contributed by atoms with Crippen molar-refractivity contribution in [2.45, 2.75) is 38.7 Å². The Bertz CT molecular complexity index is 203. The summed E-state index contributed by atoms with van der Waals surface area (Å²) in [6, 6.07) is 0. The van der Waals surface area contributed by atoms with Crippen LogP contribution in [0.4, 0.5) is 0 Å². The second kappa shape index (κ2) is 8.20. The third kappa shape index (κ3) is 12.9. The summed E-state index contributed by atoms with van der Waals surface area (Å²) in [4.78, 5) is 0. The quantitative estimate of drug-likeness (QED) is 0.303. The Morgan fingerprint density at radius 3 is 2.31 bits per heavy atom.